The van der Waals surface area contributed by atoms with Crippen molar-refractivity contribution in [3.05, 3.63) is 93.7 Å². The van der Waals surface area contributed by atoms with Crippen LogP contribution >= 0.6 is 11.6 Å². The summed E-state index contributed by atoms with van der Waals surface area (Å²) in [5.74, 6) is 0.615. The number of Topliss-reactive ketones (excluding diaryl/α,β-unsaturated/α-hetero) is 1. The van der Waals surface area contributed by atoms with Crippen molar-refractivity contribution in [2.75, 3.05) is 6.61 Å². The molecule has 0 N–H and O–H groups in total. The third kappa shape index (κ3) is 4.47. The van der Waals surface area contributed by atoms with Gasteiger partial charge in [0.2, 0.25) is 5.78 Å². The number of esters is 1. The molecule has 0 saturated heterocycles. The molecule has 156 valence electrons. The van der Waals surface area contributed by atoms with Gasteiger partial charge in [-0.3, -0.25) is 4.79 Å². The number of carbonyl (C=O) groups is 2. The maximum Gasteiger partial charge on any atom is 0.343 e. The first-order valence-corrected chi connectivity index (χ1v) is 10.1. The number of aryl methyl sites for hydroxylation is 1. The Morgan fingerprint density at radius 1 is 1.03 bits per heavy atom. The normalized spacial score (nSPS) is 13.6. The smallest absolute Gasteiger partial charge is 0.343 e. The van der Waals surface area contributed by atoms with Crippen LogP contribution in [0.1, 0.15) is 38.8 Å². The van der Waals surface area contributed by atoms with Gasteiger partial charge in [0, 0.05) is 5.02 Å². The molecule has 0 saturated carbocycles. The lowest BCUT2D eigenvalue weighted by molar-refractivity contribution is 0.0728. The molecule has 0 aliphatic carbocycles. The van der Waals surface area contributed by atoms with E-state index in [-0.39, 0.29) is 11.5 Å². The Morgan fingerprint density at radius 2 is 1.81 bits per heavy atom. The van der Waals surface area contributed by atoms with E-state index in [0.717, 1.165) is 5.56 Å². The highest BCUT2D eigenvalue weighted by Gasteiger charge is 2.27. The van der Waals surface area contributed by atoms with E-state index in [1.807, 2.05) is 26.0 Å². The minimum Gasteiger partial charge on any atom is -0.490 e. The molecular formula is C25H19ClO5. The number of carbonyl (C=O) groups excluding carboxylic acids is 2. The highest BCUT2D eigenvalue weighted by molar-refractivity contribution is 6.31. The first-order chi connectivity index (χ1) is 14.9. The predicted octanol–water partition coefficient (Wildman–Crippen LogP) is 5.88. The lowest BCUT2D eigenvalue weighted by Gasteiger charge is -2.12. The van der Waals surface area contributed by atoms with Crippen LogP contribution in [0, 0.1) is 6.92 Å². The summed E-state index contributed by atoms with van der Waals surface area (Å²) in [6.45, 7) is 4.16. The van der Waals surface area contributed by atoms with Crippen LogP contribution in [0.15, 0.2) is 66.4 Å². The molecule has 0 atom stereocenters. The van der Waals surface area contributed by atoms with E-state index < -0.39 is 5.97 Å². The standard InChI is InChI=1S/C25H19ClO5/c1-3-29-22-12-16(13-23-24(27)19-14-18(26)9-11-20(19)30-23)6-10-21(22)31-25(28)17-7-4-15(2)5-8-17/h4-14H,3H2,1-2H3/b23-13+. The van der Waals surface area contributed by atoms with Crippen molar-refractivity contribution in [2.45, 2.75) is 13.8 Å². The number of ketones is 1. The number of hydrogen-bond acceptors (Lipinski definition) is 5. The van der Waals surface area contributed by atoms with Gasteiger partial charge >= 0.3 is 5.97 Å². The van der Waals surface area contributed by atoms with Crippen molar-refractivity contribution in [1.29, 1.82) is 0 Å². The van der Waals surface area contributed by atoms with Crippen LogP contribution in [-0.4, -0.2) is 18.4 Å². The number of allylic oxidation sites excluding steroid dienone is 1. The topological polar surface area (TPSA) is 61.8 Å². The fraction of sp³-hybridized carbons (Fsp3) is 0.120. The van der Waals surface area contributed by atoms with Gasteiger partial charge in [0.05, 0.1) is 17.7 Å². The van der Waals surface area contributed by atoms with Gasteiger partial charge in [-0.15, -0.1) is 0 Å². The Kier molecular flexibility index (Phi) is 5.78. The van der Waals surface area contributed by atoms with Gasteiger partial charge in [0.15, 0.2) is 17.3 Å². The number of halogens is 1. The van der Waals surface area contributed by atoms with Gasteiger partial charge in [-0.05, 0) is 68.0 Å². The van der Waals surface area contributed by atoms with Gasteiger partial charge in [-0.25, -0.2) is 4.79 Å². The van der Waals surface area contributed by atoms with Crippen LogP contribution in [0.3, 0.4) is 0 Å². The Morgan fingerprint density at radius 3 is 2.55 bits per heavy atom. The van der Waals surface area contributed by atoms with E-state index >= 15 is 0 Å². The first kappa shape index (κ1) is 20.7. The average Bonchev–Trinajstić information content (AvgIpc) is 3.05. The molecule has 0 unspecified atom stereocenters. The molecule has 0 fully saturated rings. The molecule has 0 radical (unpaired) electrons. The molecule has 0 spiro atoms. The molecule has 5 nitrogen and oxygen atoms in total. The SMILES string of the molecule is CCOc1cc(/C=C2/Oc3ccc(Cl)cc3C2=O)ccc1OC(=O)c1ccc(C)cc1. The summed E-state index contributed by atoms with van der Waals surface area (Å²) in [5.41, 5.74) is 2.59. The number of benzene rings is 3. The van der Waals surface area contributed by atoms with Crippen LogP contribution in [0.25, 0.3) is 6.08 Å². The first-order valence-electron chi connectivity index (χ1n) is 9.74. The van der Waals surface area contributed by atoms with Crippen LogP contribution in [0.4, 0.5) is 0 Å². The molecule has 1 aliphatic heterocycles. The lowest BCUT2D eigenvalue weighted by Crippen LogP contribution is -2.09. The summed E-state index contributed by atoms with van der Waals surface area (Å²) < 4.78 is 16.9. The van der Waals surface area contributed by atoms with E-state index in [1.54, 1.807) is 54.6 Å². The number of fused-ring (bicyclic) bond motifs is 1. The third-order valence-electron chi connectivity index (χ3n) is 4.69. The molecule has 3 aromatic rings. The monoisotopic (exact) mass is 434 g/mol. The lowest BCUT2D eigenvalue weighted by atomic mass is 10.1. The van der Waals surface area contributed by atoms with E-state index in [1.165, 1.54) is 0 Å². The van der Waals surface area contributed by atoms with Crippen molar-refractivity contribution >= 4 is 29.4 Å². The molecule has 31 heavy (non-hydrogen) atoms. The van der Waals surface area contributed by atoms with Gasteiger partial charge in [-0.1, -0.05) is 35.4 Å². The Labute approximate surface area is 184 Å². The Balaban J connectivity index is 1.59. The minimum atomic E-state index is -0.478. The number of ether oxygens (including phenoxy) is 3. The summed E-state index contributed by atoms with van der Waals surface area (Å²) in [5, 5.41) is 0.468. The van der Waals surface area contributed by atoms with Gasteiger partial charge < -0.3 is 14.2 Å². The number of rotatable bonds is 5. The van der Waals surface area contributed by atoms with Gasteiger partial charge in [0.1, 0.15) is 5.75 Å². The predicted molar refractivity (Wildman–Crippen MR) is 118 cm³/mol. The zero-order valence-electron chi connectivity index (χ0n) is 17.0. The van der Waals surface area contributed by atoms with E-state index in [0.29, 0.717) is 45.6 Å². The molecule has 3 aromatic carbocycles. The second-order valence-electron chi connectivity index (χ2n) is 6.97. The maximum absolute atomic E-state index is 12.6. The van der Waals surface area contributed by atoms with Crippen molar-refractivity contribution in [3.63, 3.8) is 0 Å². The molecule has 6 heteroatoms. The maximum atomic E-state index is 12.6. The van der Waals surface area contributed by atoms with Gasteiger partial charge in [-0.2, -0.15) is 0 Å². The van der Waals surface area contributed by atoms with Gasteiger partial charge in [0.25, 0.3) is 0 Å². The zero-order valence-corrected chi connectivity index (χ0v) is 17.7. The fourth-order valence-corrected chi connectivity index (χ4v) is 3.30. The van der Waals surface area contributed by atoms with Crippen molar-refractivity contribution in [3.8, 4) is 17.2 Å². The van der Waals surface area contributed by atoms with Crippen LogP contribution in [0.2, 0.25) is 5.02 Å². The van der Waals surface area contributed by atoms with Crippen LogP contribution < -0.4 is 14.2 Å². The van der Waals surface area contributed by atoms with E-state index in [4.69, 9.17) is 25.8 Å². The quantitative estimate of drug-likeness (QED) is 0.285. The van der Waals surface area contributed by atoms with E-state index in [2.05, 4.69) is 0 Å². The van der Waals surface area contributed by atoms with Crippen LogP contribution in [0.5, 0.6) is 17.2 Å². The summed E-state index contributed by atoms with van der Waals surface area (Å²) in [7, 11) is 0. The number of hydrogen-bond donors (Lipinski definition) is 0. The molecule has 0 amide bonds. The molecule has 1 aliphatic rings. The van der Waals surface area contributed by atoms with Crippen molar-refractivity contribution in [2.24, 2.45) is 0 Å². The second-order valence-corrected chi connectivity index (χ2v) is 7.41. The molecule has 0 aromatic heterocycles. The highest BCUT2D eigenvalue weighted by atomic mass is 35.5. The van der Waals surface area contributed by atoms with Crippen molar-refractivity contribution < 1.29 is 23.8 Å². The summed E-state index contributed by atoms with van der Waals surface area (Å²) in [4.78, 5) is 25.1. The zero-order chi connectivity index (χ0) is 22.0. The summed E-state index contributed by atoms with van der Waals surface area (Å²) in [6, 6.07) is 17.1. The molecule has 4 rings (SSSR count). The molecule has 0 bridgehead atoms. The fourth-order valence-electron chi connectivity index (χ4n) is 3.13. The molecule has 1 heterocycles. The van der Waals surface area contributed by atoms with Crippen LogP contribution in [-0.2, 0) is 0 Å². The largest absolute Gasteiger partial charge is 0.490 e. The summed E-state index contributed by atoms with van der Waals surface area (Å²) in [6.07, 6.45) is 1.62. The molecular weight excluding hydrogens is 416 g/mol. The highest BCUT2D eigenvalue weighted by Crippen LogP contribution is 2.35. The average molecular weight is 435 g/mol. The summed E-state index contributed by atoms with van der Waals surface area (Å²) >= 11 is 5.98. The van der Waals surface area contributed by atoms with Crippen molar-refractivity contribution in [1.82, 2.24) is 0 Å². The van der Waals surface area contributed by atoms with E-state index in [9.17, 15) is 9.59 Å². The second kappa shape index (κ2) is 8.66. The third-order valence-corrected chi connectivity index (χ3v) is 4.92. The Hall–Kier alpha value is -3.57. The Bertz CT molecular complexity index is 1200. The minimum absolute atomic E-state index is 0.184.